The minimum atomic E-state index is -0.224. The van der Waals surface area contributed by atoms with Crippen LogP contribution in [0.3, 0.4) is 0 Å². The van der Waals surface area contributed by atoms with Gasteiger partial charge in [-0.2, -0.15) is 0 Å². The maximum Gasteiger partial charge on any atom is 0.253 e. The number of ether oxygens (including phenoxy) is 1. The highest BCUT2D eigenvalue weighted by Crippen LogP contribution is 2.26. The fourth-order valence-corrected chi connectivity index (χ4v) is 3.74. The van der Waals surface area contributed by atoms with Crippen LogP contribution in [-0.4, -0.2) is 36.4 Å². The monoisotopic (exact) mass is 380 g/mol. The zero-order valence-corrected chi connectivity index (χ0v) is 16.8. The number of aryl methyl sites for hydroxylation is 2. The molecule has 1 aliphatic rings. The van der Waals surface area contributed by atoms with Crippen molar-refractivity contribution >= 4 is 17.5 Å². The summed E-state index contributed by atoms with van der Waals surface area (Å²) in [7, 11) is 0. The van der Waals surface area contributed by atoms with E-state index < -0.39 is 0 Å². The normalized spacial score (nSPS) is 16.5. The van der Waals surface area contributed by atoms with Gasteiger partial charge in [0.2, 0.25) is 5.91 Å². The summed E-state index contributed by atoms with van der Waals surface area (Å²) in [5.74, 6) is 0.375. The van der Waals surface area contributed by atoms with Gasteiger partial charge >= 0.3 is 0 Å². The van der Waals surface area contributed by atoms with Gasteiger partial charge < -0.3 is 15.0 Å². The number of para-hydroxylation sites is 2. The summed E-state index contributed by atoms with van der Waals surface area (Å²) in [6.07, 6.45) is 1.60. The second kappa shape index (κ2) is 8.91. The summed E-state index contributed by atoms with van der Waals surface area (Å²) in [4.78, 5) is 27.6. The van der Waals surface area contributed by atoms with E-state index in [4.69, 9.17) is 4.74 Å². The highest BCUT2D eigenvalue weighted by Gasteiger charge is 2.29. The molecule has 2 amide bonds. The van der Waals surface area contributed by atoms with Crippen molar-refractivity contribution in [1.29, 1.82) is 0 Å². The molecule has 3 rings (SSSR count). The van der Waals surface area contributed by atoms with Crippen molar-refractivity contribution in [3.05, 3.63) is 59.2 Å². The standard InChI is InChI=1S/C23H28N2O3/c1-4-28-21-10-6-5-9-20(21)24-22(26)18-8-7-11-25(15-18)23(27)19-13-16(2)12-17(3)14-19/h5-6,9-10,12-14,18H,4,7-8,11,15H2,1-3H3,(H,24,26)/t18-/m1/s1. The molecule has 0 unspecified atom stereocenters. The lowest BCUT2D eigenvalue weighted by molar-refractivity contribution is -0.121. The molecular weight excluding hydrogens is 352 g/mol. The topological polar surface area (TPSA) is 58.6 Å². The van der Waals surface area contributed by atoms with Crippen LogP contribution >= 0.6 is 0 Å². The molecule has 1 saturated heterocycles. The molecule has 1 fully saturated rings. The molecule has 0 aromatic heterocycles. The molecule has 2 aromatic carbocycles. The number of benzene rings is 2. The van der Waals surface area contributed by atoms with Gasteiger partial charge in [0.05, 0.1) is 18.2 Å². The highest BCUT2D eigenvalue weighted by molar-refractivity contribution is 5.97. The number of rotatable bonds is 5. The third kappa shape index (κ3) is 4.71. The van der Waals surface area contributed by atoms with E-state index in [1.54, 1.807) is 4.90 Å². The van der Waals surface area contributed by atoms with E-state index in [1.807, 2.05) is 57.2 Å². The van der Waals surface area contributed by atoms with E-state index in [0.717, 1.165) is 24.0 Å². The van der Waals surface area contributed by atoms with Gasteiger partial charge in [0, 0.05) is 18.7 Å². The second-order valence-corrected chi connectivity index (χ2v) is 7.39. The van der Waals surface area contributed by atoms with Crippen LogP contribution in [0.2, 0.25) is 0 Å². The first-order valence-corrected chi connectivity index (χ1v) is 9.88. The molecule has 0 radical (unpaired) electrons. The van der Waals surface area contributed by atoms with E-state index in [1.165, 1.54) is 0 Å². The van der Waals surface area contributed by atoms with Crippen molar-refractivity contribution in [3.8, 4) is 5.75 Å². The van der Waals surface area contributed by atoms with Crippen LogP contribution < -0.4 is 10.1 Å². The summed E-state index contributed by atoms with van der Waals surface area (Å²) in [6.45, 7) is 7.56. The number of hydrogen-bond donors (Lipinski definition) is 1. The van der Waals surface area contributed by atoms with Crippen LogP contribution in [0.4, 0.5) is 5.69 Å². The summed E-state index contributed by atoms with van der Waals surface area (Å²) in [5, 5.41) is 2.98. The quantitative estimate of drug-likeness (QED) is 0.846. The summed E-state index contributed by atoms with van der Waals surface area (Å²) >= 11 is 0. The second-order valence-electron chi connectivity index (χ2n) is 7.39. The number of hydrogen-bond acceptors (Lipinski definition) is 3. The average molecular weight is 380 g/mol. The lowest BCUT2D eigenvalue weighted by Gasteiger charge is -2.32. The van der Waals surface area contributed by atoms with Crippen LogP contribution in [0.15, 0.2) is 42.5 Å². The van der Waals surface area contributed by atoms with Crippen molar-refractivity contribution in [3.63, 3.8) is 0 Å². The Morgan fingerprint density at radius 1 is 1.14 bits per heavy atom. The maximum atomic E-state index is 12.9. The molecule has 2 aromatic rings. The van der Waals surface area contributed by atoms with Gasteiger partial charge in [-0.1, -0.05) is 29.3 Å². The SMILES string of the molecule is CCOc1ccccc1NC(=O)[C@@H]1CCCN(C(=O)c2cc(C)cc(C)c2)C1. The molecule has 0 bridgehead atoms. The van der Waals surface area contributed by atoms with Gasteiger partial charge in [0.25, 0.3) is 5.91 Å². The smallest absolute Gasteiger partial charge is 0.253 e. The molecule has 5 heteroatoms. The number of nitrogens with one attached hydrogen (secondary N) is 1. The zero-order chi connectivity index (χ0) is 20.1. The molecular formula is C23H28N2O3. The summed E-state index contributed by atoms with van der Waals surface area (Å²) in [6, 6.07) is 13.3. The largest absolute Gasteiger partial charge is 0.492 e. The van der Waals surface area contributed by atoms with Crippen molar-refractivity contribution in [2.45, 2.75) is 33.6 Å². The van der Waals surface area contributed by atoms with Crippen molar-refractivity contribution in [2.24, 2.45) is 5.92 Å². The Labute approximate surface area is 166 Å². The van der Waals surface area contributed by atoms with E-state index in [2.05, 4.69) is 11.4 Å². The molecule has 1 N–H and O–H groups in total. The fourth-order valence-electron chi connectivity index (χ4n) is 3.74. The van der Waals surface area contributed by atoms with E-state index in [-0.39, 0.29) is 17.7 Å². The molecule has 1 atom stereocenters. The van der Waals surface area contributed by atoms with Crippen molar-refractivity contribution in [2.75, 3.05) is 25.0 Å². The van der Waals surface area contributed by atoms with Crippen LogP contribution in [0.25, 0.3) is 0 Å². The van der Waals surface area contributed by atoms with Crippen LogP contribution in [0, 0.1) is 19.8 Å². The average Bonchev–Trinajstić information content (AvgIpc) is 2.68. The number of carbonyl (C=O) groups is 2. The number of likely N-dealkylation sites (tertiary alicyclic amines) is 1. The first-order chi connectivity index (χ1) is 13.5. The first kappa shape index (κ1) is 19.9. The highest BCUT2D eigenvalue weighted by atomic mass is 16.5. The van der Waals surface area contributed by atoms with E-state index >= 15 is 0 Å². The third-order valence-corrected chi connectivity index (χ3v) is 4.99. The predicted molar refractivity (Wildman–Crippen MR) is 111 cm³/mol. The van der Waals surface area contributed by atoms with Crippen LogP contribution in [-0.2, 0) is 4.79 Å². The molecule has 0 spiro atoms. The fraction of sp³-hybridized carbons (Fsp3) is 0.391. The van der Waals surface area contributed by atoms with Crippen molar-refractivity contribution < 1.29 is 14.3 Å². The Balaban J connectivity index is 1.69. The number of anilines is 1. The summed E-state index contributed by atoms with van der Waals surface area (Å²) < 4.78 is 5.59. The molecule has 148 valence electrons. The Morgan fingerprint density at radius 3 is 2.57 bits per heavy atom. The van der Waals surface area contributed by atoms with Gasteiger partial charge in [-0.15, -0.1) is 0 Å². The van der Waals surface area contributed by atoms with Gasteiger partial charge in [0.15, 0.2) is 0 Å². The molecule has 0 saturated carbocycles. The third-order valence-electron chi connectivity index (χ3n) is 4.99. The van der Waals surface area contributed by atoms with Gasteiger partial charge in [-0.05, 0) is 57.9 Å². The number of nitrogens with zero attached hydrogens (tertiary/aromatic N) is 1. The van der Waals surface area contributed by atoms with Crippen LogP contribution in [0.5, 0.6) is 5.75 Å². The predicted octanol–water partition coefficient (Wildman–Crippen LogP) is 4.19. The molecule has 1 heterocycles. The van der Waals surface area contributed by atoms with Gasteiger partial charge in [-0.25, -0.2) is 0 Å². The Morgan fingerprint density at radius 2 is 1.86 bits per heavy atom. The van der Waals surface area contributed by atoms with E-state index in [0.29, 0.717) is 36.7 Å². The van der Waals surface area contributed by atoms with E-state index in [9.17, 15) is 9.59 Å². The molecule has 28 heavy (non-hydrogen) atoms. The Hall–Kier alpha value is -2.82. The number of piperidine rings is 1. The molecule has 5 nitrogen and oxygen atoms in total. The minimum absolute atomic E-state index is 0.000911. The lowest BCUT2D eigenvalue weighted by atomic mass is 9.96. The zero-order valence-electron chi connectivity index (χ0n) is 16.8. The number of amides is 2. The Kier molecular flexibility index (Phi) is 6.34. The molecule has 1 aliphatic heterocycles. The van der Waals surface area contributed by atoms with Gasteiger partial charge in [-0.3, -0.25) is 9.59 Å². The minimum Gasteiger partial charge on any atom is -0.492 e. The van der Waals surface area contributed by atoms with Crippen molar-refractivity contribution in [1.82, 2.24) is 4.90 Å². The summed E-state index contributed by atoms with van der Waals surface area (Å²) in [5.41, 5.74) is 3.51. The lowest BCUT2D eigenvalue weighted by Crippen LogP contribution is -2.43. The maximum absolute atomic E-state index is 12.9. The Bertz CT molecular complexity index is 842. The van der Waals surface area contributed by atoms with Crippen LogP contribution in [0.1, 0.15) is 41.3 Å². The molecule has 0 aliphatic carbocycles. The van der Waals surface area contributed by atoms with Gasteiger partial charge in [0.1, 0.15) is 5.75 Å². The number of carbonyl (C=O) groups excluding carboxylic acids is 2. The first-order valence-electron chi connectivity index (χ1n) is 9.88.